The Labute approximate surface area is 114 Å². The summed E-state index contributed by atoms with van der Waals surface area (Å²) >= 11 is 0. The summed E-state index contributed by atoms with van der Waals surface area (Å²) in [5, 5.41) is 2.64. The summed E-state index contributed by atoms with van der Waals surface area (Å²) in [6, 6.07) is 8.78. The van der Waals surface area contributed by atoms with Crippen molar-refractivity contribution in [3.05, 3.63) is 35.9 Å². The van der Waals surface area contributed by atoms with Crippen LogP contribution in [0.4, 0.5) is 0 Å². The SMILES string of the molecule is C[C@H](NC(=O)C(C)(C)C)C(=O)OCc1ccccc1. The van der Waals surface area contributed by atoms with Crippen molar-refractivity contribution < 1.29 is 14.3 Å². The van der Waals surface area contributed by atoms with Crippen LogP contribution in [-0.2, 0) is 20.9 Å². The standard InChI is InChI=1S/C15H21NO3/c1-11(16-14(18)15(2,3)4)13(17)19-10-12-8-6-5-7-9-12/h5-9,11H,10H2,1-4H3,(H,16,18)/t11-/m0/s1. The second-order valence-corrected chi connectivity index (χ2v) is 5.54. The molecule has 0 bridgehead atoms. The van der Waals surface area contributed by atoms with Gasteiger partial charge < -0.3 is 10.1 Å². The second kappa shape index (κ2) is 6.36. The highest BCUT2D eigenvalue weighted by Crippen LogP contribution is 2.13. The van der Waals surface area contributed by atoms with Crippen molar-refractivity contribution in [1.29, 1.82) is 0 Å². The summed E-state index contributed by atoms with van der Waals surface area (Å²) in [6.45, 7) is 7.23. The molecule has 1 aromatic carbocycles. The highest BCUT2D eigenvalue weighted by molar-refractivity contribution is 5.87. The first-order valence-corrected chi connectivity index (χ1v) is 6.32. The van der Waals surface area contributed by atoms with E-state index in [1.807, 2.05) is 30.3 Å². The van der Waals surface area contributed by atoms with Crippen LogP contribution in [0.2, 0.25) is 0 Å². The van der Waals surface area contributed by atoms with Gasteiger partial charge >= 0.3 is 5.97 Å². The monoisotopic (exact) mass is 263 g/mol. The quantitative estimate of drug-likeness (QED) is 0.848. The number of carbonyl (C=O) groups is 2. The lowest BCUT2D eigenvalue weighted by atomic mass is 9.95. The van der Waals surface area contributed by atoms with Gasteiger partial charge in [-0.25, -0.2) is 4.79 Å². The molecule has 1 aromatic rings. The van der Waals surface area contributed by atoms with Gasteiger partial charge in [-0.15, -0.1) is 0 Å². The van der Waals surface area contributed by atoms with E-state index in [0.717, 1.165) is 5.56 Å². The summed E-state index contributed by atoms with van der Waals surface area (Å²) in [7, 11) is 0. The molecule has 0 unspecified atom stereocenters. The largest absolute Gasteiger partial charge is 0.459 e. The van der Waals surface area contributed by atoms with Crippen LogP contribution in [-0.4, -0.2) is 17.9 Å². The molecule has 1 amide bonds. The van der Waals surface area contributed by atoms with E-state index >= 15 is 0 Å². The molecule has 0 aliphatic heterocycles. The Morgan fingerprint density at radius 3 is 2.32 bits per heavy atom. The normalized spacial score (nSPS) is 12.6. The predicted octanol–water partition coefficient (Wildman–Crippen LogP) is 2.28. The first kappa shape index (κ1) is 15.2. The number of hydrogen-bond donors (Lipinski definition) is 1. The van der Waals surface area contributed by atoms with Crippen molar-refractivity contribution in [3.63, 3.8) is 0 Å². The number of rotatable bonds is 4. The highest BCUT2D eigenvalue weighted by Gasteiger charge is 2.25. The lowest BCUT2D eigenvalue weighted by Crippen LogP contribution is -2.44. The summed E-state index contributed by atoms with van der Waals surface area (Å²) in [5.74, 6) is -0.599. The van der Waals surface area contributed by atoms with Gasteiger partial charge in [0.1, 0.15) is 12.6 Å². The summed E-state index contributed by atoms with van der Waals surface area (Å²) in [5.41, 5.74) is 0.402. The number of carbonyl (C=O) groups excluding carboxylic acids is 2. The lowest BCUT2D eigenvalue weighted by Gasteiger charge is -2.21. The van der Waals surface area contributed by atoms with E-state index in [1.165, 1.54) is 0 Å². The van der Waals surface area contributed by atoms with E-state index in [1.54, 1.807) is 27.7 Å². The maximum atomic E-state index is 11.7. The molecule has 1 rings (SSSR count). The van der Waals surface area contributed by atoms with E-state index in [4.69, 9.17) is 4.74 Å². The van der Waals surface area contributed by atoms with Crippen LogP contribution in [0.3, 0.4) is 0 Å². The first-order chi connectivity index (χ1) is 8.80. The average Bonchev–Trinajstić information content (AvgIpc) is 2.35. The molecule has 0 radical (unpaired) electrons. The van der Waals surface area contributed by atoms with Crippen LogP contribution in [0.1, 0.15) is 33.3 Å². The van der Waals surface area contributed by atoms with Crippen LogP contribution in [0, 0.1) is 5.41 Å². The zero-order valence-electron chi connectivity index (χ0n) is 11.9. The van der Waals surface area contributed by atoms with Crippen LogP contribution < -0.4 is 5.32 Å². The second-order valence-electron chi connectivity index (χ2n) is 5.54. The Kier molecular flexibility index (Phi) is 5.10. The molecule has 0 saturated heterocycles. The number of amides is 1. The van der Waals surface area contributed by atoms with Crippen LogP contribution in [0.15, 0.2) is 30.3 Å². The fourth-order valence-electron chi connectivity index (χ4n) is 1.33. The van der Waals surface area contributed by atoms with E-state index in [9.17, 15) is 9.59 Å². The molecule has 1 N–H and O–H groups in total. The Bertz CT molecular complexity index is 434. The molecule has 0 fully saturated rings. The Balaban J connectivity index is 2.43. The van der Waals surface area contributed by atoms with Crippen molar-refractivity contribution in [2.45, 2.75) is 40.3 Å². The van der Waals surface area contributed by atoms with Crippen molar-refractivity contribution in [2.24, 2.45) is 5.41 Å². The molecule has 0 aliphatic rings. The minimum atomic E-state index is -0.643. The van der Waals surface area contributed by atoms with Crippen LogP contribution in [0.5, 0.6) is 0 Å². The fourth-order valence-corrected chi connectivity index (χ4v) is 1.33. The molecule has 0 saturated carbocycles. The molecule has 0 spiro atoms. The van der Waals surface area contributed by atoms with Gasteiger partial charge in [0, 0.05) is 5.41 Å². The zero-order chi connectivity index (χ0) is 14.5. The molecule has 4 heteroatoms. The molecule has 104 valence electrons. The third kappa shape index (κ3) is 5.12. The van der Waals surface area contributed by atoms with Crippen molar-refractivity contribution in [1.82, 2.24) is 5.32 Å². The minimum absolute atomic E-state index is 0.170. The van der Waals surface area contributed by atoms with Crippen LogP contribution >= 0.6 is 0 Å². The smallest absolute Gasteiger partial charge is 0.328 e. The van der Waals surface area contributed by atoms with Gasteiger partial charge in [-0.2, -0.15) is 0 Å². The summed E-state index contributed by atoms with van der Waals surface area (Å²) < 4.78 is 5.15. The van der Waals surface area contributed by atoms with Gasteiger partial charge in [-0.05, 0) is 12.5 Å². The van der Waals surface area contributed by atoms with Crippen molar-refractivity contribution >= 4 is 11.9 Å². The maximum absolute atomic E-state index is 11.7. The summed E-state index contributed by atoms with van der Waals surface area (Å²) in [6.07, 6.45) is 0. The van der Waals surface area contributed by atoms with Gasteiger partial charge in [0.15, 0.2) is 0 Å². The van der Waals surface area contributed by atoms with E-state index in [0.29, 0.717) is 0 Å². The average molecular weight is 263 g/mol. The zero-order valence-corrected chi connectivity index (χ0v) is 11.9. The Hall–Kier alpha value is -1.84. The Morgan fingerprint density at radius 1 is 1.21 bits per heavy atom. The topological polar surface area (TPSA) is 55.4 Å². The fraction of sp³-hybridized carbons (Fsp3) is 0.467. The van der Waals surface area contributed by atoms with Gasteiger partial charge in [0.25, 0.3) is 0 Å². The lowest BCUT2D eigenvalue weighted by molar-refractivity contribution is -0.149. The predicted molar refractivity (Wildman–Crippen MR) is 73.3 cm³/mol. The minimum Gasteiger partial charge on any atom is -0.459 e. The summed E-state index contributed by atoms with van der Waals surface area (Å²) in [4.78, 5) is 23.5. The van der Waals surface area contributed by atoms with Crippen LogP contribution in [0.25, 0.3) is 0 Å². The number of nitrogens with one attached hydrogen (secondary N) is 1. The number of hydrogen-bond acceptors (Lipinski definition) is 3. The number of benzene rings is 1. The van der Waals surface area contributed by atoms with E-state index in [-0.39, 0.29) is 12.5 Å². The molecule has 19 heavy (non-hydrogen) atoms. The van der Waals surface area contributed by atoms with Gasteiger partial charge in [0.05, 0.1) is 0 Å². The molecule has 4 nitrogen and oxygen atoms in total. The molecule has 1 atom stereocenters. The molecule has 0 aromatic heterocycles. The van der Waals surface area contributed by atoms with E-state index < -0.39 is 17.4 Å². The van der Waals surface area contributed by atoms with E-state index in [2.05, 4.69) is 5.32 Å². The third-order valence-electron chi connectivity index (χ3n) is 2.61. The van der Waals surface area contributed by atoms with Gasteiger partial charge in [-0.3, -0.25) is 4.79 Å². The first-order valence-electron chi connectivity index (χ1n) is 6.32. The number of ether oxygens (including phenoxy) is 1. The van der Waals surface area contributed by atoms with Gasteiger partial charge in [-0.1, -0.05) is 51.1 Å². The number of esters is 1. The van der Waals surface area contributed by atoms with Crippen molar-refractivity contribution in [2.75, 3.05) is 0 Å². The molecule has 0 aliphatic carbocycles. The maximum Gasteiger partial charge on any atom is 0.328 e. The highest BCUT2D eigenvalue weighted by atomic mass is 16.5. The van der Waals surface area contributed by atoms with Gasteiger partial charge in [0.2, 0.25) is 5.91 Å². The molecular formula is C15H21NO3. The molecule has 0 heterocycles. The Morgan fingerprint density at radius 2 is 1.79 bits per heavy atom. The third-order valence-corrected chi connectivity index (χ3v) is 2.61. The molecular weight excluding hydrogens is 242 g/mol. The van der Waals surface area contributed by atoms with Crippen molar-refractivity contribution in [3.8, 4) is 0 Å².